The first-order valence-electron chi connectivity index (χ1n) is 6.58. The lowest BCUT2D eigenvalue weighted by atomic mass is 10.2. The van der Waals surface area contributed by atoms with Crippen molar-refractivity contribution in [1.29, 1.82) is 0 Å². The van der Waals surface area contributed by atoms with E-state index in [-0.39, 0.29) is 6.61 Å². The highest BCUT2D eigenvalue weighted by Gasteiger charge is 2.07. The molecule has 2 heterocycles. The molecule has 0 atom stereocenters. The summed E-state index contributed by atoms with van der Waals surface area (Å²) in [5.74, 6) is 1.37. The second-order valence-corrected chi connectivity index (χ2v) is 4.34. The molecular weight excluding hydrogens is 244 g/mol. The van der Waals surface area contributed by atoms with Gasteiger partial charge in [0.2, 0.25) is 5.95 Å². The van der Waals surface area contributed by atoms with Crippen LogP contribution in [0.1, 0.15) is 25.7 Å². The lowest BCUT2D eigenvalue weighted by molar-refractivity contribution is 0.283. The number of anilines is 2. The second-order valence-electron chi connectivity index (χ2n) is 4.34. The van der Waals surface area contributed by atoms with Crippen molar-refractivity contribution in [2.75, 3.05) is 30.8 Å². The molecular formula is C12H20N6O. The molecule has 0 radical (unpaired) electrons. The van der Waals surface area contributed by atoms with Gasteiger partial charge in [-0.3, -0.25) is 5.10 Å². The monoisotopic (exact) mass is 264 g/mol. The Morgan fingerprint density at radius 2 is 2.05 bits per heavy atom. The number of fused-ring (bicyclic) bond motifs is 1. The van der Waals surface area contributed by atoms with E-state index in [1.807, 2.05) is 0 Å². The molecule has 0 unspecified atom stereocenters. The minimum absolute atomic E-state index is 0.278. The van der Waals surface area contributed by atoms with Gasteiger partial charge in [0.15, 0.2) is 5.65 Å². The predicted octanol–water partition coefficient (Wildman–Crippen LogP) is 1.36. The SMILES string of the molecule is CNc1nc(NCCCCCCO)c2cn[nH]c2n1. The maximum atomic E-state index is 8.70. The van der Waals surface area contributed by atoms with Gasteiger partial charge in [-0.25, -0.2) is 0 Å². The fourth-order valence-corrected chi connectivity index (χ4v) is 1.88. The highest BCUT2D eigenvalue weighted by atomic mass is 16.2. The first kappa shape index (κ1) is 13.5. The van der Waals surface area contributed by atoms with Crippen molar-refractivity contribution in [3.05, 3.63) is 6.20 Å². The largest absolute Gasteiger partial charge is 0.396 e. The molecule has 2 aromatic heterocycles. The first-order valence-corrected chi connectivity index (χ1v) is 6.58. The standard InChI is InChI=1S/C12H20N6O/c1-13-12-16-10(9-8-15-18-11(9)17-12)14-6-4-2-3-5-7-19/h8,19H,2-7H2,1H3,(H3,13,14,15,16,17,18). The number of aliphatic hydroxyl groups is 1. The summed E-state index contributed by atoms with van der Waals surface area (Å²) < 4.78 is 0. The topological polar surface area (TPSA) is 98.8 Å². The number of H-pyrrole nitrogens is 1. The molecule has 2 rings (SSSR count). The fraction of sp³-hybridized carbons (Fsp3) is 0.583. The lowest BCUT2D eigenvalue weighted by Gasteiger charge is -2.08. The summed E-state index contributed by atoms with van der Waals surface area (Å²) in [5.41, 5.74) is 0.724. The number of unbranched alkanes of at least 4 members (excludes halogenated alkanes) is 3. The second kappa shape index (κ2) is 6.89. The maximum absolute atomic E-state index is 8.70. The molecule has 0 spiro atoms. The van der Waals surface area contributed by atoms with Crippen molar-refractivity contribution in [3.8, 4) is 0 Å². The van der Waals surface area contributed by atoms with Crippen LogP contribution in [0.5, 0.6) is 0 Å². The van der Waals surface area contributed by atoms with Gasteiger partial charge in [-0.15, -0.1) is 0 Å². The number of hydrogen-bond acceptors (Lipinski definition) is 6. The van der Waals surface area contributed by atoms with Crippen LogP contribution in [-0.4, -0.2) is 45.5 Å². The molecule has 0 aromatic carbocycles. The van der Waals surface area contributed by atoms with Crippen molar-refractivity contribution in [3.63, 3.8) is 0 Å². The van der Waals surface area contributed by atoms with E-state index < -0.39 is 0 Å². The van der Waals surface area contributed by atoms with E-state index in [0.717, 1.165) is 49.1 Å². The van der Waals surface area contributed by atoms with Gasteiger partial charge < -0.3 is 15.7 Å². The zero-order chi connectivity index (χ0) is 13.5. The van der Waals surface area contributed by atoms with E-state index in [9.17, 15) is 0 Å². The predicted molar refractivity (Wildman–Crippen MR) is 75.3 cm³/mol. The molecule has 0 aliphatic rings. The van der Waals surface area contributed by atoms with Crippen LogP contribution in [-0.2, 0) is 0 Å². The number of aromatic nitrogens is 4. The lowest BCUT2D eigenvalue weighted by Crippen LogP contribution is -2.06. The van der Waals surface area contributed by atoms with E-state index in [4.69, 9.17) is 5.11 Å². The van der Waals surface area contributed by atoms with Gasteiger partial charge in [0.1, 0.15) is 5.82 Å². The van der Waals surface area contributed by atoms with Gasteiger partial charge in [0.25, 0.3) is 0 Å². The van der Waals surface area contributed by atoms with Crippen LogP contribution in [0.4, 0.5) is 11.8 Å². The summed E-state index contributed by atoms with van der Waals surface area (Å²) in [4.78, 5) is 8.67. The van der Waals surface area contributed by atoms with Crippen LogP contribution in [0.3, 0.4) is 0 Å². The average Bonchev–Trinajstić information content (AvgIpc) is 2.90. The van der Waals surface area contributed by atoms with Crippen LogP contribution < -0.4 is 10.6 Å². The summed E-state index contributed by atoms with van der Waals surface area (Å²) in [7, 11) is 1.79. The highest BCUT2D eigenvalue weighted by molar-refractivity contribution is 5.86. The normalized spacial score (nSPS) is 10.8. The summed E-state index contributed by atoms with van der Waals surface area (Å²) in [6.07, 6.45) is 5.82. The zero-order valence-corrected chi connectivity index (χ0v) is 11.1. The quantitative estimate of drug-likeness (QED) is 0.537. The van der Waals surface area contributed by atoms with E-state index in [1.165, 1.54) is 0 Å². The molecule has 0 amide bonds. The molecule has 0 bridgehead atoms. The van der Waals surface area contributed by atoms with Gasteiger partial charge >= 0.3 is 0 Å². The highest BCUT2D eigenvalue weighted by Crippen LogP contribution is 2.19. The fourth-order valence-electron chi connectivity index (χ4n) is 1.88. The third-order valence-electron chi connectivity index (χ3n) is 2.91. The van der Waals surface area contributed by atoms with E-state index in [1.54, 1.807) is 13.2 Å². The van der Waals surface area contributed by atoms with Crippen molar-refractivity contribution in [2.45, 2.75) is 25.7 Å². The smallest absolute Gasteiger partial charge is 0.226 e. The summed E-state index contributed by atoms with van der Waals surface area (Å²) in [6.45, 7) is 1.13. The number of nitrogens with zero attached hydrogens (tertiary/aromatic N) is 3. The molecule has 0 fully saturated rings. The number of hydrogen-bond donors (Lipinski definition) is 4. The number of aliphatic hydroxyl groups excluding tert-OH is 1. The Morgan fingerprint density at radius 3 is 2.84 bits per heavy atom. The average molecular weight is 264 g/mol. The number of aromatic amines is 1. The van der Waals surface area contributed by atoms with Crippen LogP contribution in [0.25, 0.3) is 11.0 Å². The van der Waals surface area contributed by atoms with Crippen LogP contribution in [0, 0.1) is 0 Å². The van der Waals surface area contributed by atoms with Crippen molar-refractivity contribution >= 4 is 22.8 Å². The molecule has 104 valence electrons. The third kappa shape index (κ3) is 3.54. The molecule has 0 aliphatic carbocycles. The third-order valence-corrected chi connectivity index (χ3v) is 2.91. The van der Waals surface area contributed by atoms with Crippen LogP contribution in [0.2, 0.25) is 0 Å². The zero-order valence-electron chi connectivity index (χ0n) is 11.1. The van der Waals surface area contributed by atoms with Gasteiger partial charge in [-0.2, -0.15) is 15.1 Å². The molecule has 0 saturated carbocycles. The Balaban J connectivity index is 1.93. The van der Waals surface area contributed by atoms with Gasteiger partial charge in [0.05, 0.1) is 11.6 Å². The maximum Gasteiger partial charge on any atom is 0.226 e. The van der Waals surface area contributed by atoms with Crippen LogP contribution >= 0.6 is 0 Å². The number of rotatable bonds is 8. The minimum atomic E-state index is 0.278. The summed E-state index contributed by atoms with van der Waals surface area (Å²) in [5, 5.41) is 22.7. The minimum Gasteiger partial charge on any atom is -0.396 e. The Morgan fingerprint density at radius 1 is 1.21 bits per heavy atom. The molecule has 2 aromatic rings. The van der Waals surface area contributed by atoms with Gasteiger partial charge in [-0.1, -0.05) is 12.8 Å². The Kier molecular flexibility index (Phi) is 4.91. The Labute approximate surface area is 111 Å². The number of nitrogens with one attached hydrogen (secondary N) is 3. The summed E-state index contributed by atoms with van der Waals surface area (Å²) in [6, 6.07) is 0. The Bertz CT molecular complexity index is 512. The Hall–Kier alpha value is -1.89. The molecule has 7 heteroatoms. The van der Waals surface area contributed by atoms with Gasteiger partial charge in [-0.05, 0) is 12.8 Å². The molecule has 4 N–H and O–H groups in total. The molecule has 0 saturated heterocycles. The van der Waals surface area contributed by atoms with E-state index in [2.05, 4.69) is 30.8 Å². The van der Waals surface area contributed by atoms with Crippen molar-refractivity contribution in [1.82, 2.24) is 20.2 Å². The van der Waals surface area contributed by atoms with E-state index >= 15 is 0 Å². The summed E-state index contributed by atoms with van der Waals surface area (Å²) >= 11 is 0. The van der Waals surface area contributed by atoms with E-state index in [0.29, 0.717) is 5.95 Å². The molecule has 19 heavy (non-hydrogen) atoms. The van der Waals surface area contributed by atoms with Crippen LogP contribution in [0.15, 0.2) is 6.20 Å². The molecule has 0 aliphatic heterocycles. The van der Waals surface area contributed by atoms with Crippen molar-refractivity contribution < 1.29 is 5.11 Å². The van der Waals surface area contributed by atoms with Gasteiger partial charge in [0, 0.05) is 20.2 Å². The first-order chi connectivity index (χ1) is 9.35. The molecule has 7 nitrogen and oxygen atoms in total. The van der Waals surface area contributed by atoms with Crippen molar-refractivity contribution in [2.24, 2.45) is 0 Å².